The van der Waals surface area contributed by atoms with Gasteiger partial charge in [0.25, 0.3) is 5.91 Å². The van der Waals surface area contributed by atoms with Gasteiger partial charge in [-0.25, -0.2) is 0 Å². The summed E-state index contributed by atoms with van der Waals surface area (Å²) >= 11 is 0. The number of halogens is 1. The van der Waals surface area contributed by atoms with E-state index >= 15 is 0 Å². The Bertz CT molecular complexity index is 767. The normalized spacial score (nSPS) is 19.4. The fourth-order valence-electron chi connectivity index (χ4n) is 3.48. The van der Waals surface area contributed by atoms with Gasteiger partial charge < -0.3 is 20.4 Å². The molecule has 3 rings (SSSR count). The third-order valence-electron chi connectivity index (χ3n) is 4.94. The summed E-state index contributed by atoms with van der Waals surface area (Å²) in [4.78, 5) is 18.6. The molecule has 1 fully saturated rings. The van der Waals surface area contributed by atoms with E-state index in [0.29, 0.717) is 30.9 Å². The van der Waals surface area contributed by atoms with Gasteiger partial charge in [-0.05, 0) is 31.0 Å². The molecule has 0 saturated carbocycles. The minimum atomic E-state index is -0.212. The van der Waals surface area contributed by atoms with E-state index in [0.717, 1.165) is 25.5 Å². The van der Waals surface area contributed by atoms with E-state index in [2.05, 4.69) is 57.0 Å². The van der Waals surface area contributed by atoms with Crippen LogP contribution in [0.3, 0.4) is 0 Å². The Morgan fingerprint density at radius 2 is 1.93 bits per heavy atom. The quantitative estimate of drug-likeness (QED) is 0.230. The summed E-state index contributed by atoms with van der Waals surface area (Å²) in [5.41, 5.74) is 1.34. The number of carbonyl (C=O) groups excluding carboxylic acids is 1. The Morgan fingerprint density at radius 1 is 1.17 bits per heavy atom. The topological polar surface area (TPSA) is 81.9 Å². The highest BCUT2D eigenvalue weighted by Gasteiger charge is 2.29. The van der Waals surface area contributed by atoms with Crippen LogP contribution in [0.5, 0.6) is 0 Å². The predicted octanol–water partition coefficient (Wildman–Crippen LogP) is 2.46. The SMILES string of the molecule is CN=C(NCCNC(=O)c1ccco1)NC1CC(C)N(Cc2ccccc2)C1.I. The Morgan fingerprint density at radius 3 is 2.62 bits per heavy atom. The molecule has 0 bridgehead atoms. The average Bonchev–Trinajstić information content (AvgIpc) is 3.35. The van der Waals surface area contributed by atoms with Crippen molar-refractivity contribution >= 4 is 35.8 Å². The van der Waals surface area contributed by atoms with Crippen LogP contribution in [0.15, 0.2) is 58.1 Å². The van der Waals surface area contributed by atoms with Gasteiger partial charge in [-0.15, -0.1) is 24.0 Å². The summed E-state index contributed by atoms with van der Waals surface area (Å²) in [6, 6.07) is 14.8. The Labute approximate surface area is 189 Å². The molecular weight excluding hydrogens is 481 g/mol. The zero-order chi connectivity index (χ0) is 19.8. The van der Waals surface area contributed by atoms with Crippen LogP contribution >= 0.6 is 24.0 Å². The minimum absolute atomic E-state index is 0. The van der Waals surface area contributed by atoms with Crippen molar-refractivity contribution in [1.82, 2.24) is 20.9 Å². The Balaban J connectivity index is 0.00000300. The monoisotopic (exact) mass is 511 g/mol. The lowest BCUT2D eigenvalue weighted by Crippen LogP contribution is -2.46. The molecule has 158 valence electrons. The van der Waals surface area contributed by atoms with Crippen LogP contribution in [-0.4, -0.2) is 55.5 Å². The molecule has 2 atom stereocenters. The van der Waals surface area contributed by atoms with Gasteiger partial charge in [0.2, 0.25) is 0 Å². The van der Waals surface area contributed by atoms with Gasteiger partial charge in [-0.3, -0.25) is 14.7 Å². The molecule has 1 amide bonds. The molecule has 2 heterocycles. The van der Waals surface area contributed by atoms with Crippen LogP contribution in [0.4, 0.5) is 0 Å². The van der Waals surface area contributed by atoms with Crippen molar-refractivity contribution < 1.29 is 9.21 Å². The summed E-state index contributed by atoms with van der Waals surface area (Å²) in [5.74, 6) is 0.864. The van der Waals surface area contributed by atoms with Crippen molar-refractivity contribution in [3.63, 3.8) is 0 Å². The number of hydrogen-bond acceptors (Lipinski definition) is 4. The molecule has 1 aliphatic rings. The summed E-state index contributed by atoms with van der Waals surface area (Å²) in [6.07, 6.45) is 2.56. The standard InChI is InChI=1S/C21H29N5O2.HI/c1-16-13-18(15-26(16)14-17-7-4-3-5-8-17)25-21(22-2)24-11-10-23-20(27)19-9-6-12-28-19;/h3-9,12,16,18H,10-11,13-15H2,1-2H3,(H,23,27)(H2,22,24,25);1H. The van der Waals surface area contributed by atoms with Crippen molar-refractivity contribution in [2.45, 2.75) is 32.0 Å². The molecule has 1 aromatic heterocycles. The Hall–Kier alpha value is -2.07. The van der Waals surface area contributed by atoms with Gasteiger partial charge in [0, 0.05) is 45.3 Å². The van der Waals surface area contributed by atoms with Gasteiger partial charge >= 0.3 is 0 Å². The van der Waals surface area contributed by atoms with Gasteiger partial charge in [0.1, 0.15) is 0 Å². The fourth-order valence-corrected chi connectivity index (χ4v) is 3.48. The average molecular weight is 511 g/mol. The largest absolute Gasteiger partial charge is 0.459 e. The lowest BCUT2D eigenvalue weighted by Gasteiger charge is -2.21. The van der Waals surface area contributed by atoms with E-state index in [1.54, 1.807) is 19.2 Å². The van der Waals surface area contributed by atoms with Crippen molar-refractivity contribution in [1.29, 1.82) is 0 Å². The molecule has 1 aromatic carbocycles. The fraction of sp³-hybridized carbons (Fsp3) is 0.429. The minimum Gasteiger partial charge on any atom is -0.459 e. The van der Waals surface area contributed by atoms with E-state index in [-0.39, 0.29) is 29.9 Å². The van der Waals surface area contributed by atoms with Gasteiger partial charge in [0.05, 0.1) is 6.26 Å². The van der Waals surface area contributed by atoms with Crippen molar-refractivity contribution in [2.75, 3.05) is 26.7 Å². The molecule has 0 radical (unpaired) electrons. The van der Waals surface area contributed by atoms with E-state index in [1.165, 1.54) is 11.8 Å². The zero-order valence-electron chi connectivity index (χ0n) is 16.9. The second kappa shape index (κ2) is 11.8. The van der Waals surface area contributed by atoms with E-state index in [4.69, 9.17) is 4.42 Å². The molecule has 2 aromatic rings. The highest BCUT2D eigenvalue weighted by molar-refractivity contribution is 14.0. The summed E-state index contributed by atoms with van der Waals surface area (Å²) in [5, 5.41) is 9.56. The third kappa shape index (κ3) is 7.04. The lowest BCUT2D eigenvalue weighted by molar-refractivity contribution is 0.0926. The third-order valence-corrected chi connectivity index (χ3v) is 4.94. The zero-order valence-corrected chi connectivity index (χ0v) is 19.3. The number of hydrogen-bond donors (Lipinski definition) is 3. The van der Waals surface area contributed by atoms with Crippen LogP contribution in [0, 0.1) is 0 Å². The van der Waals surface area contributed by atoms with Crippen molar-refractivity contribution in [3.8, 4) is 0 Å². The number of nitrogens with one attached hydrogen (secondary N) is 3. The number of benzene rings is 1. The number of carbonyl (C=O) groups is 1. The first-order valence-electron chi connectivity index (χ1n) is 9.72. The first kappa shape index (κ1) is 23.2. The van der Waals surface area contributed by atoms with Gasteiger partial charge in [-0.1, -0.05) is 30.3 Å². The summed E-state index contributed by atoms with van der Waals surface area (Å²) in [6.45, 7) is 5.28. The molecule has 29 heavy (non-hydrogen) atoms. The van der Waals surface area contributed by atoms with Crippen LogP contribution in [0.1, 0.15) is 29.5 Å². The van der Waals surface area contributed by atoms with E-state index in [9.17, 15) is 4.79 Å². The summed E-state index contributed by atoms with van der Waals surface area (Å²) < 4.78 is 5.07. The molecule has 3 N–H and O–H groups in total. The first-order chi connectivity index (χ1) is 13.7. The number of furan rings is 1. The number of guanidine groups is 1. The maximum Gasteiger partial charge on any atom is 0.287 e. The molecule has 1 saturated heterocycles. The molecular formula is C21H30IN5O2. The smallest absolute Gasteiger partial charge is 0.287 e. The maximum absolute atomic E-state index is 11.8. The molecule has 1 aliphatic heterocycles. The predicted molar refractivity (Wildman–Crippen MR) is 126 cm³/mol. The second-order valence-corrected chi connectivity index (χ2v) is 7.07. The van der Waals surface area contributed by atoms with Crippen LogP contribution < -0.4 is 16.0 Å². The van der Waals surface area contributed by atoms with E-state index < -0.39 is 0 Å². The molecule has 8 heteroatoms. The first-order valence-corrected chi connectivity index (χ1v) is 9.72. The van der Waals surface area contributed by atoms with Crippen LogP contribution in [0.2, 0.25) is 0 Å². The van der Waals surface area contributed by atoms with E-state index in [1.807, 2.05) is 6.07 Å². The highest BCUT2D eigenvalue weighted by Crippen LogP contribution is 2.20. The number of aliphatic imine (C=N–C) groups is 1. The second-order valence-electron chi connectivity index (χ2n) is 7.07. The van der Waals surface area contributed by atoms with Crippen LogP contribution in [0.25, 0.3) is 0 Å². The van der Waals surface area contributed by atoms with Crippen molar-refractivity contribution in [3.05, 3.63) is 60.1 Å². The number of likely N-dealkylation sites (tertiary alicyclic amines) is 1. The molecule has 7 nitrogen and oxygen atoms in total. The maximum atomic E-state index is 11.8. The van der Waals surface area contributed by atoms with Gasteiger partial charge in [0.15, 0.2) is 11.7 Å². The molecule has 0 spiro atoms. The molecule has 2 unspecified atom stereocenters. The molecule has 0 aliphatic carbocycles. The summed E-state index contributed by atoms with van der Waals surface area (Å²) in [7, 11) is 1.76. The number of rotatable bonds is 7. The Kier molecular flexibility index (Phi) is 9.46. The van der Waals surface area contributed by atoms with Gasteiger partial charge in [-0.2, -0.15) is 0 Å². The van der Waals surface area contributed by atoms with Crippen LogP contribution in [-0.2, 0) is 6.54 Å². The van der Waals surface area contributed by atoms with Crippen molar-refractivity contribution in [2.24, 2.45) is 4.99 Å². The number of nitrogens with zero attached hydrogens (tertiary/aromatic N) is 2. The lowest BCUT2D eigenvalue weighted by atomic mass is 10.2. The number of amides is 1. The highest BCUT2D eigenvalue weighted by atomic mass is 127.